The molecule has 2 unspecified atom stereocenters. The Morgan fingerprint density at radius 3 is 2.33 bits per heavy atom. The number of benzene rings is 2. The van der Waals surface area contributed by atoms with Crippen molar-refractivity contribution >= 4 is 5.97 Å². The minimum Gasteiger partial charge on any atom is -0.481 e. The van der Waals surface area contributed by atoms with Gasteiger partial charge in [-0.15, -0.1) is 0 Å². The lowest BCUT2D eigenvalue weighted by Crippen LogP contribution is -2.20. The average Bonchev–Trinajstić information content (AvgIpc) is 2.55. The number of rotatable bonds is 7. The van der Waals surface area contributed by atoms with Gasteiger partial charge in [-0.05, 0) is 42.8 Å². The smallest absolute Gasteiger partial charge is 0.310 e. The van der Waals surface area contributed by atoms with Crippen LogP contribution in [0, 0.1) is 0 Å². The molecule has 0 aliphatic heterocycles. The van der Waals surface area contributed by atoms with Crippen LogP contribution in [-0.2, 0) is 4.79 Å². The van der Waals surface area contributed by atoms with E-state index in [0.717, 1.165) is 22.3 Å². The molecule has 4 nitrogen and oxygen atoms in total. The molecule has 0 radical (unpaired) electrons. The van der Waals surface area contributed by atoms with Gasteiger partial charge in [0.1, 0.15) is 0 Å². The first-order chi connectivity index (χ1) is 11.4. The minimum absolute atomic E-state index is 0.494. The molecule has 2 aromatic rings. The van der Waals surface area contributed by atoms with Gasteiger partial charge in [-0.2, -0.15) is 0 Å². The SMILES string of the molecule is CCC(C(=O)O)c1cc(C(O)CN(C)C)ccc1-c1ccccc1. The summed E-state index contributed by atoms with van der Waals surface area (Å²) >= 11 is 0. The maximum Gasteiger partial charge on any atom is 0.310 e. The average molecular weight is 327 g/mol. The number of hydrogen-bond acceptors (Lipinski definition) is 3. The van der Waals surface area contributed by atoms with Crippen LogP contribution < -0.4 is 0 Å². The summed E-state index contributed by atoms with van der Waals surface area (Å²) in [7, 11) is 3.79. The molecule has 0 amide bonds. The number of carboxylic acids is 1. The van der Waals surface area contributed by atoms with E-state index in [-0.39, 0.29) is 0 Å². The van der Waals surface area contributed by atoms with Crippen LogP contribution in [0.4, 0.5) is 0 Å². The van der Waals surface area contributed by atoms with E-state index < -0.39 is 18.0 Å². The van der Waals surface area contributed by atoms with Crippen LogP contribution in [0.3, 0.4) is 0 Å². The normalized spacial score (nSPS) is 13.7. The van der Waals surface area contributed by atoms with Crippen LogP contribution in [-0.4, -0.2) is 41.7 Å². The third-order valence-electron chi connectivity index (χ3n) is 4.17. The summed E-state index contributed by atoms with van der Waals surface area (Å²) in [6.07, 6.45) is -0.141. The van der Waals surface area contributed by atoms with Crippen molar-refractivity contribution in [2.75, 3.05) is 20.6 Å². The topological polar surface area (TPSA) is 60.8 Å². The molecule has 24 heavy (non-hydrogen) atoms. The van der Waals surface area contributed by atoms with Crippen LogP contribution in [0.1, 0.15) is 36.5 Å². The number of hydrogen-bond donors (Lipinski definition) is 2. The quantitative estimate of drug-likeness (QED) is 0.817. The van der Waals surface area contributed by atoms with Gasteiger partial charge in [-0.25, -0.2) is 0 Å². The molecule has 0 heterocycles. The second-order valence-electron chi connectivity index (χ2n) is 6.29. The summed E-state index contributed by atoms with van der Waals surface area (Å²) in [4.78, 5) is 13.6. The van der Waals surface area contributed by atoms with Gasteiger partial charge >= 0.3 is 5.97 Å². The summed E-state index contributed by atoms with van der Waals surface area (Å²) in [6, 6.07) is 15.4. The van der Waals surface area contributed by atoms with E-state index in [2.05, 4.69) is 0 Å². The first-order valence-electron chi connectivity index (χ1n) is 8.18. The van der Waals surface area contributed by atoms with Crippen molar-refractivity contribution in [1.29, 1.82) is 0 Å². The van der Waals surface area contributed by atoms with Crippen molar-refractivity contribution in [2.24, 2.45) is 0 Å². The molecular formula is C20H25NO3. The van der Waals surface area contributed by atoms with Gasteiger partial charge in [0.05, 0.1) is 12.0 Å². The van der Waals surface area contributed by atoms with Crippen molar-refractivity contribution in [1.82, 2.24) is 4.90 Å². The van der Waals surface area contributed by atoms with E-state index >= 15 is 0 Å². The zero-order valence-electron chi connectivity index (χ0n) is 14.4. The maximum absolute atomic E-state index is 11.7. The number of carbonyl (C=O) groups is 1. The Morgan fingerprint density at radius 2 is 1.79 bits per heavy atom. The number of carboxylic acid groups (broad SMARTS) is 1. The molecule has 4 heteroatoms. The second-order valence-corrected chi connectivity index (χ2v) is 6.29. The number of aliphatic hydroxyl groups excluding tert-OH is 1. The van der Waals surface area contributed by atoms with Gasteiger partial charge in [0.25, 0.3) is 0 Å². The van der Waals surface area contributed by atoms with Gasteiger partial charge in [0, 0.05) is 6.54 Å². The Kier molecular flexibility index (Phi) is 6.12. The van der Waals surface area contributed by atoms with E-state index in [1.165, 1.54) is 0 Å². The standard InChI is InChI=1S/C20H25NO3/c1-4-16(20(23)24)18-12-15(19(22)13-21(2)3)10-11-17(18)14-8-6-5-7-9-14/h5-12,16,19,22H,4,13H2,1-3H3,(H,23,24). The Labute approximate surface area is 143 Å². The Hall–Kier alpha value is -2.17. The molecule has 128 valence electrons. The lowest BCUT2D eigenvalue weighted by molar-refractivity contribution is -0.138. The molecule has 0 saturated carbocycles. The van der Waals surface area contributed by atoms with E-state index in [1.54, 1.807) is 0 Å². The van der Waals surface area contributed by atoms with Gasteiger partial charge in [-0.3, -0.25) is 4.79 Å². The van der Waals surface area contributed by atoms with E-state index in [0.29, 0.717) is 13.0 Å². The molecular weight excluding hydrogens is 302 g/mol. The van der Waals surface area contributed by atoms with Crippen molar-refractivity contribution in [3.05, 3.63) is 59.7 Å². The molecule has 0 aliphatic carbocycles. The van der Waals surface area contributed by atoms with Gasteiger partial charge in [0.2, 0.25) is 0 Å². The highest BCUT2D eigenvalue weighted by atomic mass is 16.4. The maximum atomic E-state index is 11.7. The zero-order chi connectivity index (χ0) is 17.7. The minimum atomic E-state index is -0.839. The first kappa shape index (κ1) is 18.2. The molecule has 0 aliphatic rings. The summed E-state index contributed by atoms with van der Waals surface area (Å²) in [5, 5.41) is 20.0. The highest BCUT2D eigenvalue weighted by molar-refractivity contribution is 5.81. The monoisotopic (exact) mass is 327 g/mol. The van der Waals surface area contributed by atoms with Crippen molar-refractivity contribution in [2.45, 2.75) is 25.4 Å². The molecule has 0 saturated heterocycles. The van der Waals surface area contributed by atoms with Gasteiger partial charge < -0.3 is 15.1 Å². The molecule has 0 fully saturated rings. The number of nitrogens with zero attached hydrogens (tertiary/aromatic N) is 1. The highest BCUT2D eigenvalue weighted by Crippen LogP contribution is 2.33. The Morgan fingerprint density at radius 1 is 1.12 bits per heavy atom. The van der Waals surface area contributed by atoms with Crippen LogP contribution in [0.15, 0.2) is 48.5 Å². The highest BCUT2D eigenvalue weighted by Gasteiger charge is 2.23. The lowest BCUT2D eigenvalue weighted by atomic mass is 9.87. The first-order valence-corrected chi connectivity index (χ1v) is 8.18. The summed E-state index contributed by atoms with van der Waals surface area (Å²) < 4.78 is 0. The van der Waals surface area contributed by atoms with Crippen molar-refractivity contribution in [3.63, 3.8) is 0 Å². The fourth-order valence-electron chi connectivity index (χ4n) is 2.94. The van der Waals surface area contributed by atoms with E-state index in [9.17, 15) is 15.0 Å². The molecule has 0 aromatic heterocycles. The van der Waals surface area contributed by atoms with E-state index in [4.69, 9.17) is 0 Å². The summed E-state index contributed by atoms with van der Waals surface area (Å²) in [5.41, 5.74) is 3.40. The van der Waals surface area contributed by atoms with Crippen LogP contribution in [0.5, 0.6) is 0 Å². The van der Waals surface area contributed by atoms with Crippen molar-refractivity contribution in [3.8, 4) is 11.1 Å². The van der Waals surface area contributed by atoms with Crippen LogP contribution in [0.25, 0.3) is 11.1 Å². The molecule has 2 atom stereocenters. The Bertz CT molecular complexity index is 683. The largest absolute Gasteiger partial charge is 0.481 e. The third-order valence-corrected chi connectivity index (χ3v) is 4.17. The molecule has 2 N–H and O–H groups in total. The second kappa shape index (κ2) is 8.08. The van der Waals surface area contributed by atoms with Gasteiger partial charge in [-0.1, -0.05) is 55.5 Å². The molecule has 2 rings (SSSR count). The Balaban J connectivity index is 2.53. The number of aliphatic hydroxyl groups is 1. The predicted molar refractivity (Wildman–Crippen MR) is 96.1 cm³/mol. The van der Waals surface area contributed by atoms with E-state index in [1.807, 2.05) is 74.4 Å². The molecule has 0 spiro atoms. The number of likely N-dealkylation sites (N-methyl/N-ethyl adjacent to an activating group) is 1. The van der Waals surface area contributed by atoms with Crippen molar-refractivity contribution < 1.29 is 15.0 Å². The van der Waals surface area contributed by atoms with Crippen LogP contribution >= 0.6 is 0 Å². The summed E-state index contributed by atoms with van der Waals surface area (Å²) in [6.45, 7) is 2.37. The van der Waals surface area contributed by atoms with Crippen LogP contribution in [0.2, 0.25) is 0 Å². The fraction of sp³-hybridized carbons (Fsp3) is 0.350. The summed E-state index contributed by atoms with van der Waals surface area (Å²) in [5.74, 6) is -1.43. The predicted octanol–water partition coefficient (Wildman–Crippen LogP) is 3.53. The molecule has 2 aromatic carbocycles. The zero-order valence-corrected chi connectivity index (χ0v) is 14.4. The fourth-order valence-corrected chi connectivity index (χ4v) is 2.94. The number of aliphatic carboxylic acids is 1. The third kappa shape index (κ3) is 4.22. The molecule has 0 bridgehead atoms. The lowest BCUT2D eigenvalue weighted by Gasteiger charge is -2.21. The van der Waals surface area contributed by atoms with Gasteiger partial charge in [0.15, 0.2) is 0 Å².